The molecule has 0 aromatic heterocycles. The van der Waals surface area contributed by atoms with Crippen molar-refractivity contribution in [3.63, 3.8) is 0 Å². The zero-order chi connectivity index (χ0) is 20.7. The van der Waals surface area contributed by atoms with Crippen LogP contribution in [-0.4, -0.2) is 40.3 Å². The van der Waals surface area contributed by atoms with Crippen LogP contribution in [-0.2, 0) is 16.4 Å². The molecule has 2 rings (SSSR count). The topological polar surface area (TPSA) is 79.8 Å². The van der Waals surface area contributed by atoms with Gasteiger partial charge in [0, 0.05) is 19.8 Å². The lowest BCUT2D eigenvalue weighted by Crippen LogP contribution is -2.41. The van der Waals surface area contributed by atoms with Crippen LogP contribution in [0.4, 0.5) is 0 Å². The van der Waals surface area contributed by atoms with E-state index in [2.05, 4.69) is 15.6 Å². The number of hydrogen-bond acceptors (Lipinski definition) is 4. The first-order chi connectivity index (χ1) is 13.2. The number of halogens is 1. The van der Waals surface area contributed by atoms with Crippen LogP contribution < -0.4 is 15.4 Å². The van der Waals surface area contributed by atoms with Crippen LogP contribution in [0, 0.1) is 6.92 Å². The molecule has 0 spiro atoms. The number of sulfone groups is 1. The first-order valence-electron chi connectivity index (χ1n) is 8.86. The van der Waals surface area contributed by atoms with E-state index in [0.29, 0.717) is 34.7 Å². The first kappa shape index (κ1) is 22.0. The zero-order valence-electron chi connectivity index (χ0n) is 16.5. The molecule has 0 aliphatic carbocycles. The van der Waals surface area contributed by atoms with Crippen LogP contribution in [0.3, 0.4) is 0 Å². The van der Waals surface area contributed by atoms with Gasteiger partial charge in [-0.3, -0.25) is 4.99 Å². The van der Waals surface area contributed by atoms with E-state index in [1.54, 1.807) is 32.2 Å². The Morgan fingerprint density at radius 2 is 1.93 bits per heavy atom. The Morgan fingerprint density at radius 3 is 2.54 bits per heavy atom. The van der Waals surface area contributed by atoms with Gasteiger partial charge in [0.25, 0.3) is 0 Å². The fourth-order valence-corrected chi connectivity index (χ4v) is 3.82. The summed E-state index contributed by atoms with van der Waals surface area (Å²) in [6.45, 7) is 4.79. The normalized spacial score (nSPS) is 13.1. The van der Waals surface area contributed by atoms with Crippen molar-refractivity contribution in [2.24, 2.45) is 4.99 Å². The molecule has 6 nitrogen and oxygen atoms in total. The summed E-state index contributed by atoms with van der Waals surface area (Å²) in [5.74, 6) is 1.27. The highest BCUT2D eigenvalue weighted by molar-refractivity contribution is 7.90. The second kappa shape index (κ2) is 9.80. The Bertz CT molecular complexity index is 945. The Labute approximate surface area is 171 Å². The van der Waals surface area contributed by atoms with Gasteiger partial charge in [-0.2, -0.15) is 0 Å². The lowest BCUT2D eigenvalue weighted by molar-refractivity contribution is 0.224. The number of aryl methyl sites for hydroxylation is 1. The molecule has 0 saturated carbocycles. The molecule has 152 valence electrons. The molecule has 0 heterocycles. The molecular formula is C20H26ClN3O3S. The molecule has 0 fully saturated rings. The van der Waals surface area contributed by atoms with E-state index in [9.17, 15) is 8.42 Å². The third-order valence-electron chi connectivity index (χ3n) is 4.04. The van der Waals surface area contributed by atoms with Crippen LogP contribution in [0.25, 0.3) is 0 Å². The Kier molecular flexibility index (Phi) is 7.71. The van der Waals surface area contributed by atoms with E-state index in [1.807, 2.05) is 31.2 Å². The van der Waals surface area contributed by atoms with Crippen molar-refractivity contribution in [1.29, 1.82) is 0 Å². The predicted molar refractivity (Wildman–Crippen MR) is 114 cm³/mol. The summed E-state index contributed by atoms with van der Waals surface area (Å²) in [5, 5.41) is 6.99. The number of ether oxygens (including phenoxy) is 1. The van der Waals surface area contributed by atoms with Gasteiger partial charge >= 0.3 is 0 Å². The monoisotopic (exact) mass is 423 g/mol. The van der Waals surface area contributed by atoms with E-state index in [1.165, 1.54) is 6.26 Å². The lowest BCUT2D eigenvalue weighted by Gasteiger charge is -2.18. The standard InChI is InChI=1S/C20H26ClN3O3S/c1-14-11-16(9-10-19(14)28(4,25)26)13-24-20(22-3)23-12-15(2)27-18-8-6-5-7-17(18)21/h5-11,15H,12-13H2,1-4H3,(H2,22,23,24). The molecule has 2 aromatic rings. The molecule has 0 bridgehead atoms. The van der Waals surface area contributed by atoms with Crippen molar-refractivity contribution in [3.05, 3.63) is 58.6 Å². The third-order valence-corrected chi connectivity index (χ3v) is 5.61. The van der Waals surface area contributed by atoms with Gasteiger partial charge in [0.2, 0.25) is 0 Å². The molecule has 0 aliphatic heterocycles. The summed E-state index contributed by atoms with van der Waals surface area (Å²) in [6.07, 6.45) is 1.10. The summed E-state index contributed by atoms with van der Waals surface area (Å²) in [5.41, 5.74) is 1.69. The number of hydrogen-bond donors (Lipinski definition) is 2. The Morgan fingerprint density at radius 1 is 1.21 bits per heavy atom. The van der Waals surface area contributed by atoms with Crippen molar-refractivity contribution >= 4 is 27.4 Å². The molecule has 1 unspecified atom stereocenters. The number of rotatable bonds is 7. The van der Waals surface area contributed by atoms with Crippen LogP contribution in [0.15, 0.2) is 52.4 Å². The SMILES string of the molecule is CN=C(NCc1ccc(S(C)(=O)=O)c(C)c1)NCC(C)Oc1ccccc1Cl. The highest BCUT2D eigenvalue weighted by Gasteiger charge is 2.11. The molecule has 8 heteroatoms. The molecule has 2 N–H and O–H groups in total. The van der Waals surface area contributed by atoms with Crippen molar-refractivity contribution in [3.8, 4) is 5.75 Å². The minimum Gasteiger partial charge on any atom is -0.487 e. The van der Waals surface area contributed by atoms with Gasteiger partial charge in [0.05, 0.1) is 16.5 Å². The molecule has 0 saturated heterocycles. The van der Waals surface area contributed by atoms with Crippen LogP contribution >= 0.6 is 11.6 Å². The maximum absolute atomic E-state index is 11.7. The quantitative estimate of drug-likeness (QED) is 0.528. The highest BCUT2D eigenvalue weighted by Crippen LogP contribution is 2.24. The van der Waals surface area contributed by atoms with Crippen molar-refractivity contribution in [2.45, 2.75) is 31.4 Å². The second-order valence-electron chi connectivity index (χ2n) is 6.54. The van der Waals surface area contributed by atoms with Gasteiger partial charge < -0.3 is 15.4 Å². The van der Waals surface area contributed by atoms with E-state index < -0.39 is 9.84 Å². The maximum atomic E-state index is 11.7. The average molecular weight is 424 g/mol. The van der Waals surface area contributed by atoms with Crippen LogP contribution in [0.2, 0.25) is 5.02 Å². The molecule has 0 amide bonds. The van der Waals surface area contributed by atoms with Gasteiger partial charge in [-0.15, -0.1) is 0 Å². The minimum absolute atomic E-state index is 0.116. The zero-order valence-corrected chi connectivity index (χ0v) is 18.1. The fourth-order valence-electron chi connectivity index (χ4n) is 2.68. The van der Waals surface area contributed by atoms with E-state index in [4.69, 9.17) is 16.3 Å². The smallest absolute Gasteiger partial charge is 0.191 e. The van der Waals surface area contributed by atoms with Gasteiger partial charge in [-0.25, -0.2) is 8.42 Å². The number of nitrogens with one attached hydrogen (secondary N) is 2. The van der Waals surface area contributed by atoms with Crippen LogP contribution in [0.5, 0.6) is 5.75 Å². The summed E-state index contributed by atoms with van der Waals surface area (Å²) in [4.78, 5) is 4.55. The number of para-hydroxylation sites is 1. The molecule has 28 heavy (non-hydrogen) atoms. The van der Waals surface area contributed by atoms with E-state index in [-0.39, 0.29) is 6.10 Å². The Balaban J connectivity index is 1.88. The lowest BCUT2D eigenvalue weighted by atomic mass is 10.1. The number of guanidine groups is 1. The van der Waals surface area contributed by atoms with Crippen molar-refractivity contribution in [1.82, 2.24) is 10.6 Å². The largest absolute Gasteiger partial charge is 0.487 e. The molecule has 1 atom stereocenters. The number of nitrogens with zero attached hydrogens (tertiary/aromatic N) is 1. The fraction of sp³-hybridized carbons (Fsp3) is 0.350. The molecule has 2 aromatic carbocycles. The predicted octanol–water partition coefficient (Wildman–Crippen LogP) is 3.18. The third kappa shape index (κ3) is 6.42. The summed E-state index contributed by atoms with van der Waals surface area (Å²) >= 11 is 6.11. The summed E-state index contributed by atoms with van der Waals surface area (Å²) in [7, 11) is -1.53. The van der Waals surface area contributed by atoms with Crippen molar-refractivity contribution < 1.29 is 13.2 Å². The van der Waals surface area contributed by atoms with Crippen LogP contribution in [0.1, 0.15) is 18.1 Å². The van der Waals surface area contributed by atoms with Gasteiger partial charge in [-0.05, 0) is 43.2 Å². The first-order valence-corrected chi connectivity index (χ1v) is 11.1. The van der Waals surface area contributed by atoms with Gasteiger partial charge in [0.15, 0.2) is 15.8 Å². The van der Waals surface area contributed by atoms with Crippen molar-refractivity contribution in [2.75, 3.05) is 19.8 Å². The second-order valence-corrected chi connectivity index (χ2v) is 8.93. The molecular weight excluding hydrogens is 398 g/mol. The van der Waals surface area contributed by atoms with Gasteiger partial charge in [0.1, 0.15) is 11.9 Å². The number of benzene rings is 2. The maximum Gasteiger partial charge on any atom is 0.191 e. The summed E-state index contributed by atoms with van der Waals surface area (Å²) in [6, 6.07) is 12.6. The molecule has 0 radical (unpaired) electrons. The molecule has 0 aliphatic rings. The Hall–Kier alpha value is -2.25. The van der Waals surface area contributed by atoms with E-state index >= 15 is 0 Å². The number of aliphatic imine (C=N–C) groups is 1. The average Bonchev–Trinajstić information content (AvgIpc) is 2.63. The van der Waals surface area contributed by atoms with Gasteiger partial charge in [-0.1, -0.05) is 35.9 Å². The summed E-state index contributed by atoms with van der Waals surface area (Å²) < 4.78 is 29.3. The minimum atomic E-state index is -3.21. The van der Waals surface area contributed by atoms with E-state index in [0.717, 1.165) is 11.1 Å². The highest BCUT2D eigenvalue weighted by atomic mass is 35.5.